The van der Waals surface area contributed by atoms with Crippen molar-refractivity contribution in [3.05, 3.63) is 47.3 Å². The molecule has 0 saturated carbocycles. The molecule has 2 aromatic rings. The molecule has 1 aromatic carbocycles. The molecule has 0 aliphatic carbocycles. The molecule has 1 saturated heterocycles. The van der Waals surface area contributed by atoms with Crippen LogP contribution in [0.25, 0.3) is 0 Å². The topological polar surface area (TPSA) is 105 Å². The van der Waals surface area contributed by atoms with E-state index in [1.807, 2.05) is 0 Å². The minimum Gasteiger partial charge on any atom is -0.361 e. The summed E-state index contributed by atoms with van der Waals surface area (Å²) in [6, 6.07) is 8.47. The fraction of sp³-hybridized carbons (Fsp3) is 0.368. The third kappa shape index (κ3) is 4.72. The molecule has 2 N–H and O–H groups in total. The zero-order chi connectivity index (χ0) is 19.4. The number of hydrogen-bond donors (Lipinski definition) is 2. The van der Waals surface area contributed by atoms with Gasteiger partial charge in [0.05, 0.1) is 0 Å². The monoisotopic (exact) mass is 370 g/mol. The van der Waals surface area contributed by atoms with Crippen molar-refractivity contribution in [2.75, 3.05) is 18.4 Å². The lowest BCUT2D eigenvalue weighted by Crippen LogP contribution is -2.46. The van der Waals surface area contributed by atoms with E-state index in [-0.39, 0.29) is 29.5 Å². The molecule has 8 nitrogen and oxygen atoms in total. The Kier molecular flexibility index (Phi) is 5.54. The van der Waals surface area contributed by atoms with Crippen LogP contribution in [0.4, 0.5) is 5.69 Å². The molecule has 0 unspecified atom stereocenters. The Morgan fingerprint density at radius 1 is 1.19 bits per heavy atom. The standard InChI is InChI=1S/C19H22N4O4/c1-12-10-17(22-27-12)18(25)21-15-6-8-23(9-7-15)19(26)14-4-3-5-16(11-14)20-13(2)24/h3-5,10-11,15H,6-9H2,1-2H3,(H,20,24)(H,21,25). The van der Waals surface area contributed by atoms with Crippen molar-refractivity contribution >= 4 is 23.4 Å². The fourth-order valence-corrected chi connectivity index (χ4v) is 3.08. The molecule has 2 heterocycles. The van der Waals surface area contributed by atoms with Gasteiger partial charge in [0.2, 0.25) is 5.91 Å². The van der Waals surface area contributed by atoms with Gasteiger partial charge < -0.3 is 20.1 Å². The van der Waals surface area contributed by atoms with Crippen LogP contribution in [0, 0.1) is 6.92 Å². The third-order valence-corrected chi connectivity index (χ3v) is 4.41. The zero-order valence-corrected chi connectivity index (χ0v) is 15.3. The van der Waals surface area contributed by atoms with Crippen LogP contribution in [0.15, 0.2) is 34.9 Å². The second-order valence-corrected chi connectivity index (χ2v) is 6.62. The van der Waals surface area contributed by atoms with Crippen molar-refractivity contribution in [2.45, 2.75) is 32.7 Å². The second-order valence-electron chi connectivity index (χ2n) is 6.62. The number of nitrogens with one attached hydrogen (secondary N) is 2. The van der Waals surface area contributed by atoms with Crippen molar-refractivity contribution in [3.8, 4) is 0 Å². The first-order chi connectivity index (χ1) is 12.9. The minimum atomic E-state index is -0.264. The molecule has 1 aromatic heterocycles. The summed E-state index contributed by atoms with van der Waals surface area (Å²) in [6.45, 7) is 4.25. The Balaban J connectivity index is 1.55. The van der Waals surface area contributed by atoms with E-state index >= 15 is 0 Å². The Labute approximate surface area is 156 Å². The van der Waals surface area contributed by atoms with Crippen LogP contribution < -0.4 is 10.6 Å². The van der Waals surface area contributed by atoms with E-state index in [1.54, 1.807) is 42.2 Å². The van der Waals surface area contributed by atoms with Gasteiger partial charge >= 0.3 is 0 Å². The summed E-state index contributed by atoms with van der Waals surface area (Å²) in [5.74, 6) is 0.0549. The fourth-order valence-electron chi connectivity index (χ4n) is 3.08. The van der Waals surface area contributed by atoms with Gasteiger partial charge in [0.15, 0.2) is 5.69 Å². The van der Waals surface area contributed by atoms with Gasteiger partial charge in [-0.1, -0.05) is 11.2 Å². The van der Waals surface area contributed by atoms with Crippen LogP contribution >= 0.6 is 0 Å². The second kappa shape index (κ2) is 8.03. The summed E-state index contributed by atoms with van der Waals surface area (Å²) in [5.41, 5.74) is 1.39. The lowest BCUT2D eigenvalue weighted by molar-refractivity contribution is -0.114. The van der Waals surface area contributed by atoms with E-state index < -0.39 is 0 Å². The van der Waals surface area contributed by atoms with Gasteiger partial charge in [-0.25, -0.2) is 0 Å². The van der Waals surface area contributed by atoms with Gasteiger partial charge in [0.1, 0.15) is 5.76 Å². The Morgan fingerprint density at radius 3 is 2.56 bits per heavy atom. The summed E-state index contributed by atoms with van der Waals surface area (Å²) in [5, 5.41) is 9.32. The number of amides is 3. The highest BCUT2D eigenvalue weighted by molar-refractivity contribution is 5.97. The SMILES string of the molecule is CC(=O)Nc1cccc(C(=O)N2CCC(NC(=O)c3cc(C)on3)CC2)c1. The number of aryl methyl sites for hydroxylation is 1. The van der Waals surface area contributed by atoms with Crippen molar-refractivity contribution in [1.29, 1.82) is 0 Å². The Bertz CT molecular complexity index is 853. The minimum absolute atomic E-state index is 0.00994. The zero-order valence-electron chi connectivity index (χ0n) is 15.3. The molecular formula is C19H22N4O4. The quantitative estimate of drug-likeness (QED) is 0.856. The summed E-state index contributed by atoms with van der Waals surface area (Å²) in [6.07, 6.45) is 1.33. The number of carbonyl (C=O) groups excluding carboxylic acids is 3. The van der Waals surface area contributed by atoms with Gasteiger partial charge in [-0.05, 0) is 38.0 Å². The number of piperidine rings is 1. The molecule has 1 fully saturated rings. The van der Waals surface area contributed by atoms with Crippen molar-refractivity contribution in [3.63, 3.8) is 0 Å². The molecular weight excluding hydrogens is 348 g/mol. The van der Waals surface area contributed by atoms with Crippen LogP contribution in [0.5, 0.6) is 0 Å². The van der Waals surface area contributed by atoms with Gasteiger partial charge in [0.25, 0.3) is 11.8 Å². The molecule has 27 heavy (non-hydrogen) atoms. The van der Waals surface area contributed by atoms with Crippen molar-refractivity contribution in [1.82, 2.24) is 15.4 Å². The molecule has 0 spiro atoms. The number of hydrogen-bond acceptors (Lipinski definition) is 5. The van der Waals surface area contributed by atoms with E-state index in [1.165, 1.54) is 6.92 Å². The predicted molar refractivity (Wildman–Crippen MR) is 98.4 cm³/mol. The number of anilines is 1. The first kappa shape index (κ1) is 18.6. The Morgan fingerprint density at radius 2 is 1.93 bits per heavy atom. The van der Waals surface area contributed by atoms with Crippen LogP contribution in [-0.4, -0.2) is 46.9 Å². The molecule has 142 valence electrons. The number of nitrogens with zero attached hydrogens (tertiary/aromatic N) is 2. The van der Waals surface area contributed by atoms with E-state index in [2.05, 4.69) is 15.8 Å². The van der Waals surface area contributed by atoms with E-state index in [0.717, 1.165) is 0 Å². The van der Waals surface area contributed by atoms with Gasteiger partial charge in [-0.3, -0.25) is 14.4 Å². The predicted octanol–water partition coefficient (Wildman–Crippen LogP) is 1.98. The maximum Gasteiger partial charge on any atom is 0.273 e. The molecule has 1 aliphatic heterocycles. The lowest BCUT2D eigenvalue weighted by Gasteiger charge is -2.32. The number of carbonyl (C=O) groups is 3. The number of rotatable bonds is 4. The van der Waals surface area contributed by atoms with E-state index in [0.29, 0.717) is 42.9 Å². The average Bonchev–Trinajstić information content (AvgIpc) is 3.08. The highest BCUT2D eigenvalue weighted by atomic mass is 16.5. The normalized spacial score (nSPS) is 14.7. The largest absolute Gasteiger partial charge is 0.361 e. The van der Waals surface area contributed by atoms with Gasteiger partial charge in [0, 0.05) is 43.4 Å². The molecule has 0 atom stereocenters. The van der Waals surface area contributed by atoms with Crippen LogP contribution in [-0.2, 0) is 4.79 Å². The van der Waals surface area contributed by atoms with Gasteiger partial charge in [-0.2, -0.15) is 0 Å². The van der Waals surface area contributed by atoms with Crippen LogP contribution in [0.2, 0.25) is 0 Å². The van der Waals surface area contributed by atoms with Crippen molar-refractivity contribution in [2.24, 2.45) is 0 Å². The number of aromatic nitrogens is 1. The third-order valence-electron chi connectivity index (χ3n) is 4.41. The summed E-state index contributed by atoms with van der Waals surface area (Å²) < 4.78 is 4.92. The average molecular weight is 370 g/mol. The van der Waals surface area contributed by atoms with Crippen LogP contribution in [0.3, 0.4) is 0 Å². The molecule has 0 bridgehead atoms. The molecule has 1 aliphatic rings. The highest BCUT2D eigenvalue weighted by Crippen LogP contribution is 2.17. The van der Waals surface area contributed by atoms with E-state index in [9.17, 15) is 14.4 Å². The first-order valence-electron chi connectivity index (χ1n) is 8.83. The molecule has 8 heteroatoms. The summed E-state index contributed by atoms with van der Waals surface area (Å²) in [7, 11) is 0. The summed E-state index contributed by atoms with van der Waals surface area (Å²) in [4.78, 5) is 37.8. The molecule has 0 radical (unpaired) electrons. The summed E-state index contributed by atoms with van der Waals surface area (Å²) >= 11 is 0. The van der Waals surface area contributed by atoms with E-state index in [4.69, 9.17) is 4.52 Å². The lowest BCUT2D eigenvalue weighted by atomic mass is 10.0. The first-order valence-corrected chi connectivity index (χ1v) is 8.83. The maximum absolute atomic E-state index is 12.7. The van der Waals surface area contributed by atoms with Gasteiger partial charge in [-0.15, -0.1) is 0 Å². The number of likely N-dealkylation sites (tertiary alicyclic amines) is 1. The maximum atomic E-state index is 12.7. The smallest absolute Gasteiger partial charge is 0.273 e. The van der Waals surface area contributed by atoms with Crippen LogP contribution in [0.1, 0.15) is 46.4 Å². The highest BCUT2D eigenvalue weighted by Gasteiger charge is 2.25. The molecule has 3 rings (SSSR count). The number of benzene rings is 1. The molecule has 3 amide bonds. The Hall–Kier alpha value is -3.16. The van der Waals surface area contributed by atoms with Crippen molar-refractivity contribution < 1.29 is 18.9 Å².